The van der Waals surface area contributed by atoms with Gasteiger partial charge in [-0.25, -0.2) is 4.79 Å². The zero-order valence-corrected chi connectivity index (χ0v) is 9.49. The van der Waals surface area contributed by atoms with E-state index in [2.05, 4.69) is 6.58 Å². The van der Waals surface area contributed by atoms with Crippen molar-refractivity contribution in [3.63, 3.8) is 0 Å². The average molecular weight is 214 g/mol. The Morgan fingerprint density at radius 3 is 2.20 bits per heavy atom. The highest BCUT2D eigenvalue weighted by molar-refractivity contribution is 5.80. The minimum absolute atomic E-state index is 0.268. The Labute approximate surface area is 90.0 Å². The van der Waals surface area contributed by atoms with Gasteiger partial charge >= 0.3 is 12.0 Å². The van der Waals surface area contributed by atoms with Crippen LogP contribution in [0.2, 0.25) is 0 Å². The molecule has 86 valence electrons. The molecule has 0 aromatic heterocycles. The van der Waals surface area contributed by atoms with Crippen LogP contribution in [-0.4, -0.2) is 53.6 Å². The molecule has 1 N–H and O–H groups in total. The fourth-order valence-corrected chi connectivity index (χ4v) is 1.19. The van der Waals surface area contributed by atoms with Crippen LogP contribution in [0.4, 0.5) is 4.79 Å². The molecule has 0 aliphatic rings. The van der Waals surface area contributed by atoms with E-state index in [-0.39, 0.29) is 12.6 Å². The molecule has 0 unspecified atom stereocenters. The molecule has 5 nitrogen and oxygen atoms in total. The van der Waals surface area contributed by atoms with Gasteiger partial charge in [-0.1, -0.05) is 12.2 Å². The minimum Gasteiger partial charge on any atom is -0.480 e. The Morgan fingerprint density at radius 2 is 1.87 bits per heavy atom. The van der Waals surface area contributed by atoms with Crippen LogP contribution in [0.15, 0.2) is 12.2 Å². The average Bonchev–Trinajstić information content (AvgIpc) is 2.11. The monoisotopic (exact) mass is 214 g/mol. The normalized spacial score (nSPS) is 9.53. The largest absolute Gasteiger partial charge is 0.480 e. The topological polar surface area (TPSA) is 60.9 Å². The molecule has 2 amide bonds. The molecule has 0 saturated heterocycles. The second kappa shape index (κ2) is 6.06. The van der Waals surface area contributed by atoms with Gasteiger partial charge in [0.2, 0.25) is 0 Å². The summed E-state index contributed by atoms with van der Waals surface area (Å²) in [7, 11) is 1.63. The summed E-state index contributed by atoms with van der Waals surface area (Å²) in [6.45, 7) is 7.81. The Kier molecular flexibility index (Phi) is 5.44. The first-order valence-electron chi connectivity index (χ1n) is 4.74. The third kappa shape index (κ3) is 5.05. The van der Waals surface area contributed by atoms with Crippen molar-refractivity contribution in [2.75, 3.05) is 26.7 Å². The maximum atomic E-state index is 11.7. The molecule has 0 spiro atoms. The Morgan fingerprint density at radius 1 is 1.33 bits per heavy atom. The number of carbonyl (C=O) groups excluding carboxylic acids is 1. The highest BCUT2D eigenvalue weighted by Gasteiger charge is 2.18. The van der Waals surface area contributed by atoms with Gasteiger partial charge in [0.05, 0.1) is 0 Å². The number of carbonyl (C=O) groups is 2. The molecule has 0 aliphatic heterocycles. The molecular weight excluding hydrogens is 196 g/mol. The highest BCUT2D eigenvalue weighted by Crippen LogP contribution is 1.99. The van der Waals surface area contributed by atoms with E-state index in [9.17, 15) is 9.59 Å². The van der Waals surface area contributed by atoms with Crippen LogP contribution in [0.5, 0.6) is 0 Å². The quantitative estimate of drug-likeness (QED) is 0.695. The number of hydrogen-bond donors (Lipinski definition) is 1. The van der Waals surface area contributed by atoms with Crippen molar-refractivity contribution < 1.29 is 14.7 Å². The molecule has 0 aromatic rings. The first-order valence-corrected chi connectivity index (χ1v) is 4.74. The number of likely N-dealkylation sites (N-methyl/N-ethyl adjacent to an activating group) is 2. The molecule has 5 heteroatoms. The molecule has 0 saturated carbocycles. The van der Waals surface area contributed by atoms with Crippen LogP contribution < -0.4 is 0 Å². The number of urea groups is 1. The van der Waals surface area contributed by atoms with Crippen molar-refractivity contribution in [3.8, 4) is 0 Å². The highest BCUT2D eigenvalue weighted by atomic mass is 16.4. The number of amides is 2. The van der Waals surface area contributed by atoms with E-state index in [4.69, 9.17) is 5.11 Å². The van der Waals surface area contributed by atoms with E-state index in [1.165, 1.54) is 9.80 Å². The molecule has 0 heterocycles. The lowest BCUT2D eigenvalue weighted by molar-refractivity contribution is -0.137. The van der Waals surface area contributed by atoms with E-state index in [1.807, 2.05) is 6.92 Å². The third-order valence-electron chi connectivity index (χ3n) is 1.81. The van der Waals surface area contributed by atoms with Gasteiger partial charge in [-0.2, -0.15) is 0 Å². The Bertz CT molecular complexity index is 263. The van der Waals surface area contributed by atoms with Gasteiger partial charge in [0, 0.05) is 20.1 Å². The molecule has 0 fully saturated rings. The number of rotatable bonds is 5. The zero-order valence-electron chi connectivity index (χ0n) is 9.49. The molecular formula is C10H18N2O3. The van der Waals surface area contributed by atoms with E-state index in [0.717, 1.165) is 5.57 Å². The predicted molar refractivity (Wildman–Crippen MR) is 57.7 cm³/mol. The summed E-state index contributed by atoms with van der Waals surface area (Å²) >= 11 is 0. The Balaban J connectivity index is 4.36. The van der Waals surface area contributed by atoms with E-state index in [1.54, 1.807) is 14.0 Å². The number of hydrogen-bond acceptors (Lipinski definition) is 2. The van der Waals surface area contributed by atoms with E-state index < -0.39 is 5.97 Å². The molecule has 0 rings (SSSR count). The van der Waals surface area contributed by atoms with Crippen LogP contribution in [0.3, 0.4) is 0 Å². The second-order valence-corrected chi connectivity index (χ2v) is 3.50. The van der Waals surface area contributed by atoms with E-state index >= 15 is 0 Å². The van der Waals surface area contributed by atoms with E-state index in [0.29, 0.717) is 13.1 Å². The number of nitrogens with zero attached hydrogens (tertiary/aromatic N) is 2. The maximum absolute atomic E-state index is 11.7. The van der Waals surface area contributed by atoms with Gasteiger partial charge in [0.15, 0.2) is 0 Å². The van der Waals surface area contributed by atoms with Crippen LogP contribution >= 0.6 is 0 Å². The van der Waals surface area contributed by atoms with Gasteiger partial charge in [0.25, 0.3) is 0 Å². The summed E-state index contributed by atoms with van der Waals surface area (Å²) in [5.41, 5.74) is 0.859. The summed E-state index contributed by atoms with van der Waals surface area (Å²) in [5.74, 6) is -1.01. The molecule has 0 bridgehead atoms. The van der Waals surface area contributed by atoms with Crippen molar-refractivity contribution in [3.05, 3.63) is 12.2 Å². The summed E-state index contributed by atoms with van der Waals surface area (Å²) in [6, 6.07) is -0.289. The smallest absolute Gasteiger partial charge is 0.323 e. The number of carboxylic acids is 1. The lowest BCUT2D eigenvalue weighted by Crippen LogP contribution is -2.44. The zero-order chi connectivity index (χ0) is 12.0. The van der Waals surface area contributed by atoms with Gasteiger partial charge in [-0.3, -0.25) is 4.79 Å². The number of carboxylic acid groups (broad SMARTS) is 1. The summed E-state index contributed by atoms with van der Waals surface area (Å²) in [6.07, 6.45) is 0. The fourth-order valence-electron chi connectivity index (χ4n) is 1.19. The van der Waals surface area contributed by atoms with Crippen molar-refractivity contribution >= 4 is 12.0 Å². The van der Waals surface area contributed by atoms with Crippen LogP contribution in [0.1, 0.15) is 13.8 Å². The standard InChI is InChI=1S/C10H18N2O3/c1-5-12(7-9(13)14)10(15)11(4)6-8(2)3/h2,5-7H2,1,3-4H3,(H,13,14). The fraction of sp³-hybridized carbons (Fsp3) is 0.600. The number of aliphatic carboxylic acids is 1. The van der Waals surface area contributed by atoms with Crippen molar-refractivity contribution in [1.29, 1.82) is 0 Å². The maximum Gasteiger partial charge on any atom is 0.323 e. The lowest BCUT2D eigenvalue weighted by atomic mass is 10.3. The second-order valence-electron chi connectivity index (χ2n) is 3.50. The van der Waals surface area contributed by atoms with Crippen LogP contribution in [-0.2, 0) is 4.79 Å². The molecule has 0 radical (unpaired) electrons. The van der Waals surface area contributed by atoms with Gasteiger partial charge in [0.1, 0.15) is 6.54 Å². The molecule has 15 heavy (non-hydrogen) atoms. The third-order valence-corrected chi connectivity index (χ3v) is 1.81. The predicted octanol–water partition coefficient (Wildman–Crippen LogP) is 1.02. The van der Waals surface area contributed by atoms with Gasteiger partial charge in [-0.05, 0) is 13.8 Å². The Hall–Kier alpha value is -1.52. The molecule has 0 atom stereocenters. The first kappa shape index (κ1) is 13.5. The molecule has 0 aliphatic carbocycles. The first-order chi connectivity index (χ1) is 6.88. The summed E-state index contributed by atoms with van der Waals surface area (Å²) in [5, 5.41) is 8.60. The van der Waals surface area contributed by atoms with Crippen LogP contribution in [0, 0.1) is 0 Å². The van der Waals surface area contributed by atoms with Crippen molar-refractivity contribution in [2.24, 2.45) is 0 Å². The minimum atomic E-state index is -1.01. The molecule has 0 aromatic carbocycles. The summed E-state index contributed by atoms with van der Waals surface area (Å²) < 4.78 is 0. The van der Waals surface area contributed by atoms with Crippen LogP contribution in [0.25, 0.3) is 0 Å². The SMILES string of the molecule is C=C(C)CN(C)C(=O)N(CC)CC(=O)O. The van der Waals surface area contributed by atoms with Crippen molar-refractivity contribution in [2.45, 2.75) is 13.8 Å². The van der Waals surface area contributed by atoms with Crippen molar-refractivity contribution in [1.82, 2.24) is 9.80 Å². The summed E-state index contributed by atoms with van der Waals surface area (Å²) in [4.78, 5) is 24.9. The van der Waals surface area contributed by atoms with Gasteiger partial charge in [-0.15, -0.1) is 0 Å². The van der Waals surface area contributed by atoms with Gasteiger partial charge < -0.3 is 14.9 Å². The lowest BCUT2D eigenvalue weighted by Gasteiger charge is -2.25.